The topological polar surface area (TPSA) is 29.3 Å². The van der Waals surface area contributed by atoms with Gasteiger partial charge in [0.05, 0.1) is 0 Å². The number of nitrogens with zero attached hydrogens (tertiary/aromatic N) is 1. The van der Waals surface area contributed by atoms with Gasteiger partial charge >= 0.3 is 0 Å². The van der Waals surface area contributed by atoms with Crippen molar-refractivity contribution < 1.29 is 0 Å². The second-order valence-corrected chi connectivity index (χ2v) is 6.29. The summed E-state index contributed by atoms with van der Waals surface area (Å²) in [6.07, 6.45) is 5.47. The van der Waals surface area contributed by atoms with Gasteiger partial charge in [0.25, 0.3) is 0 Å². The normalized spacial score (nSPS) is 25.5. The Labute approximate surface area is 118 Å². The molecular weight excluding hydrogens is 232 g/mol. The average Bonchev–Trinajstić information content (AvgIpc) is 2.39. The van der Waals surface area contributed by atoms with Crippen LogP contribution < -0.4 is 5.73 Å². The van der Waals surface area contributed by atoms with Crippen LogP contribution in [0.25, 0.3) is 0 Å². The number of nitrogens with two attached hydrogens (primary N) is 1. The molecule has 1 saturated carbocycles. The van der Waals surface area contributed by atoms with Crippen LogP contribution in [0.1, 0.15) is 49.8 Å². The minimum absolute atomic E-state index is 0.124. The van der Waals surface area contributed by atoms with E-state index in [9.17, 15) is 0 Å². The molecule has 3 unspecified atom stereocenters. The minimum Gasteiger partial charge on any atom is -0.323 e. The summed E-state index contributed by atoms with van der Waals surface area (Å²) in [5.41, 5.74) is 8.93. The summed E-state index contributed by atoms with van der Waals surface area (Å²) in [4.78, 5) is 2.48. The lowest BCUT2D eigenvalue weighted by Crippen LogP contribution is -2.42. The van der Waals surface area contributed by atoms with Crippen LogP contribution in [0.4, 0.5) is 0 Å². The van der Waals surface area contributed by atoms with E-state index in [-0.39, 0.29) is 6.04 Å². The van der Waals surface area contributed by atoms with Crippen LogP contribution in [0.5, 0.6) is 0 Å². The SMILES string of the molecule is Cc1cccc(C(N)CN(C)C2CCCCC2C)c1. The Bertz CT molecular complexity index is 402. The van der Waals surface area contributed by atoms with Gasteiger partial charge in [-0.05, 0) is 38.3 Å². The van der Waals surface area contributed by atoms with Crippen LogP contribution in [-0.2, 0) is 0 Å². The Morgan fingerprint density at radius 1 is 1.32 bits per heavy atom. The Balaban J connectivity index is 1.96. The molecule has 1 aromatic carbocycles. The van der Waals surface area contributed by atoms with Crippen LogP contribution in [0.2, 0.25) is 0 Å². The zero-order chi connectivity index (χ0) is 13.8. The van der Waals surface area contributed by atoms with Gasteiger partial charge in [-0.3, -0.25) is 0 Å². The maximum Gasteiger partial charge on any atom is 0.0424 e. The summed E-state index contributed by atoms with van der Waals surface area (Å²) in [5, 5.41) is 0. The van der Waals surface area contributed by atoms with Gasteiger partial charge in [-0.2, -0.15) is 0 Å². The predicted molar refractivity (Wildman–Crippen MR) is 82.2 cm³/mol. The molecule has 3 atom stereocenters. The molecule has 2 nitrogen and oxygen atoms in total. The summed E-state index contributed by atoms with van der Waals surface area (Å²) < 4.78 is 0. The minimum atomic E-state index is 0.124. The molecule has 1 aromatic rings. The van der Waals surface area contributed by atoms with Crippen molar-refractivity contribution in [3.8, 4) is 0 Å². The molecule has 0 bridgehead atoms. The first-order chi connectivity index (χ1) is 9.08. The molecule has 2 N–H and O–H groups in total. The number of hydrogen-bond acceptors (Lipinski definition) is 2. The maximum absolute atomic E-state index is 6.38. The number of likely N-dealkylation sites (N-methyl/N-ethyl adjacent to an activating group) is 1. The van der Waals surface area contributed by atoms with Crippen molar-refractivity contribution in [3.05, 3.63) is 35.4 Å². The summed E-state index contributed by atoms with van der Waals surface area (Å²) in [7, 11) is 2.24. The number of hydrogen-bond donors (Lipinski definition) is 1. The second kappa shape index (κ2) is 6.53. The van der Waals surface area contributed by atoms with E-state index in [2.05, 4.69) is 50.1 Å². The maximum atomic E-state index is 6.38. The van der Waals surface area contributed by atoms with E-state index in [1.54, 1.807) is 0 Å². The van der Waals surface area contributed by atoms with E-state index >= 15 is 0 Å². The van der Waals surface area contributed by atoms with Crippen molar-refractivity contribution in [1.82, 2.24) is 4.90 Å². The first kappa shape index (κ1) is 14.5. The highest BCUT2D eigenvalue weighted by Gasteiger charge is 2.25. The number of aryl methyl sites for hydroxylation is 1. The van der Waals surface area contributed by atoms with Crippen molar-refractivity contribution in [2.75, 3.05) is 13.6 Å². The van der Waals surface area contributed by atoms with Gasteiger partial charge in [0.15, 0.2) is 0 Å². The van der Waals surface area contributed by atoms with Crippen LogP contribution in [0, 0.1) is 12.8 Å². The average molecular weight is 260 g/mol. The molecule has 0 heterocycles. The van der Waals surface area contributed by atoms with Gasteiger partial charge in [-0.1, -0.05) is 49.6 Å². The zero-order valence-electron chi connectivity index (χ0n) is 12.6. The van der Waals surface area contributed by atoms with Crippen molar-refractivity contribution in [2.45, 2.75) is 51.6 Å². The molecule has 0 spiro atoms. The van der Waals surface area contributed by atoms with Crippen LogP contribution in [0.15, 0.2) is 24.3 Å². The molecule has 0 radical (unpaired) electrons. The molecule has 2 rings (SSSR count). The highest BCUT2D eigenvalue weighted by molar-refractivity contribution is 5.25. The van der Waals surface area contributed by atoms with Crippen LogP contribution in [-0.4, -0.2) is 24.5 Å². The molecule has 1 aliphatic rings. The lowest BCUT2D eigenvalue weighted by atomic mass is 9.85. The van der Waals surface area contributed by atoms with Gasteiger partial charge < -0.3 is 10.6 Å². The summed E-state index contributed by atoms with van der Waals surface area (Å²) in [5.74, 6) is 0.809. The van der Waals surface area contributed by atoms with Crippen LogP contribution in [0.3, 0.4) is 0 Å². The van der Waals surface area contributed by atoms with Crippen molar-refractivity contribution in [2.24, 2.45) is 11.7 Å². The Morgan fingerprint density at radius 3 is 2.74 bits per heavy atom. The summed E-state index contributed by atoms with van der Waals surface area (Å²) >= 11 is 0. The molecule has 0 saturated heterocycles. The van der Waals surface area contributed by atoms with Crippen LogP contribution >= 0.6 is 0 Å². The lowest BCUT2D eigenvalue weighted by molar-refractivity contribution is 0.133. The fourth-order valence-corrected chi connectivity index (χ4v) is 3.40. The molecule has 0 amide bonds. The third-order valence-corrected chi connectivity index (χ3v) is 4.59. The largest absolute Gasteiger partial charge is 0.323 e. The van der Waals surface area contributed by atoms with Crippen molar-refractivity contribution >= 4 is 0 Å². The van der Waals surface area contributed by atoms with Gasteiger partial charge in [-0.25, -0.2) is 0 Å². The van der Waals surface area contributed by atoms with E-state index in [0.29, 0.717) is 6.04 Å². The monoisotopic (exact) mass is 260 g/mol. The Kier molecular flexibility index (Phi) is 5.00. The molecule has 106 valence electrons. The molecule has 1 fully saturated rings. The molecule has 0 aromatic heterocycles. The lowest BCUT2D eigenvalue weighted by Gasteiger charge is -2.37. The van der Waals surface area contributed by atoms with Gasteiger partial charge in [-0.15, -0.1) is 0 Å². The third kappa shape index (κ3) is 3.80. The number of benzene rings is 1. The third-order valence-electron chi connectivity index (χ3n) is 4.59. The number of rotatable bonds is 4. The standard InChI is InChI=1S/C17H28N2/c1-13-7-6-9-15(11-13)16(18)12-19(3)17-10-5-4-8-14(17)2/h6-7,9,11,14,16-17H,4-5,8,10,12,18H2,1-3H3. The van der Waals surface area contributed by atoms with Gasteiger partial charge in [0, 0.05) is 18.6 Å². The van der Waals surface area contributed by atoms with E-state index < -0.39 is 0 Å². The zero-order valence-corrected chi connectivity index (χ0v) is 12.6. The Hall–Kier alpha value is -0.860. The fraction of sp³-hybridized carbons (Fsp3) is 0.647. The highest BCUT2D eigenvalue weighted by Crippen LogP contribution is 2.28. The smallest absolute Gasteiger partial charge is 0.0424 e. The van der Waals surface area contributed by atoms with Crippen molar-refractivity contribution in [3.63, 3.8) is 0 Å². The first-order valence-corrected chi connectivity index (χ1v) is 7.60. The molecule has 19 heavy (non-hydrogen) atoms. The molecule has 2 heteroatoms. The fourth-order valence-electron chi connectivity index (χ4n) is 3.40. The molecule has 1 aliphatic carbocycles. The highest BCUT2D eigenvalue weighted by atomic mass is 15.1. The summed E-state index contributed by atoms with van der Waals surface area (Å²) in [6, 6.07) is 9.43. The van der Waals surface area contributed by atoms with E-state index in [0.717, 1.165) is 12.5 Å². The van der Waals surface area contributed by atoms with E-state index in [1.165, 1.54) is 36.8 Å². The first-order valence-electron chi connectivity index (χ1n) is 7.60. The van der Waals surface area contributed by atoms with E-state index in [4.69, 9.17) is 5.73 Å². The van der Waals surface area contributed by atoms with Crippen molar-refractivity contribution in [1.29, 1.82) is 0 Å². The van der Waals surface area contributed by atoms with Gasteiger partial charge in [0.2, 0.25) is 0 Å². The Morgan fingerprint density at radius 2 is 2.05 bits per heavy atom. The predicted octanol–water partition coefficient (Wildman–Crippen LogP) is 3.51. The quantitative estimate of drug-likeness (QED) is 0.897. The summed E-state index contributed by atoms with van der Waals surface area (Å²) in [6.45, 7) is 5.47. The second-order valence-electron chi connectivity index (χ2n) is 6.29. The molecular formula is C17H28N2. The van der Waals surface area contributed by atoms with Gasteiger partial charge in [0.1, 0.15) is 0 Å². The van der Waals surface area contributed by atoms with E-state index in [1.807, 2.05) is 0 Å². The molecule has 0 aliphatic heterocycles.